The molecule has 0 saturated heterocycles. The van der Waals surface area contributed by atoms with Gasteiger partial charge in [0, 0.05) is 36.2 Å². The Hall–Kier alpha value is -3.23. The molecule has 5 atom stereocenters. The zero-order chi connectivity index (χ0) is 33.8. The molecule has 0 aromatic rings. The van der Waals surface area contributed by atoms with Crippen LogP contribution in [0, 0.1) is 5.92 Å². The number of nitrogens with two attached hydrogens (primary N) is 1. The second kappa shape index (κ2) is 22.3. The zero-order valence-corrected chi connectivity index (χ0v) is 27.0. The number of allylic oxidation sites excluding steroid dienone is 3. The molecule has 2 unspecified atom stereocenters. The number of methoxy groups -OCH3 is 1. The Labute approximate surface area is 268 Å². The van der Waals surface area contributed by atoms with Gasteiger partial charge >= 0.3 is 17.9 Å². The van der Waals surface area contributed by atoms with Crippen LogP contribution in [0.5, 0.6) is 0 Å². The minimum absolute atomic E-state index is 0.0182. The first-order valence-electron chi connectivity index (χ1n) is 15.4. The van der Waals surface area contributed by atoms with E-state index in [1.165, 1.54) is 18.9 Å². The number of ether oxygens (including phenoxy) is 1. The highest BCUT2D eigenvalue weighted by Gasteiger charge is 2.37. The molecule has 0 heterocycles. The number of esters is 1. The van der Waals surface area contributed by atoms with Crippen LogP contribution in [0.1, 0.15) is 84.0 Å². The average Bonchev–Trinajstić information content (AvgIpc) is 3.30. The quantitative estimate of drug-likeness (QED) is 0.0403. The minimum Gasteiger partial charge on any atom is -0.480 e. The summed E-state index contributed by atoms with van der Waals surface area (Å²) in [7, 11) is 1.35. The topological polar surface area (TPSA) is 222 Å². The van der Waals surface area contributed by atoms with Crippen LogP contribution in [0.3, 0.4) is 0 Å². The van der Waals surface area contributed by atoms with E-state index in [-0.39, 0.29) is 47.9 Å². The summed E-state index contributed by atoms with van der Waals surface area (Å²) in [6, 6.07) is -2.40. The number of carboxylic acids is 2. The summed E-state index contributed by atoms with van der Waals surface area (Å²) in [6.45, 7) is 1.42. The number of rotatable bonds is 23. The molecule has 1 aliphatic carbocycles. The number of carbonyl (C=O) groups excluding carboxylic acids is 4. The fraction of sp³-hybridized carbons (Fsp3) is 0.677. The van der Waals surface area contributed by atoms with Crippen LogP contribution in [0.15, 0.2) is 23.8 Å². The van der Waals surface area contributed by atoms with Crippen molar-refractivity contribution in [3.63, 3.8) is 0 Å². The molecule has 13 nitrogen and oxygen atoms in total. The number of carboxylic acid groups (broad SMARTS) is 2. The highest BCUT2D eigenvalue weighted by molar-refractivity contribution is 8.00. The molecule has 0 spiro atoms. The second-order valence-corrected chi connectivity index (χ2v) is 12.3. The normalized spacial score (nSPS) is 19.3. The molecule has 0 aromatic carbocycles. The van der Waals surface area contributed by atoms with Gasteiger partial charge in [-0.25, -0.2) is 0 Å². The van der Waals surface area contributed by atoms with Crippen LogP contribution >= 0.6 is 11.8 Å². The molecule has 2 amide bonds. The number of carbonyl (C=O) groups is 6. The number of nitrogens with one attached hydrogen (secondary N) is 2. The zero-order valence-electron chi connectivity index (χ0n) is 26.2. The molecule has 0 radical (unpaired) electrons. The van der Waals surface area contributed by atoms with Gasteiger partial charge < -0.3 is 36.4 Å². The Bertz CT molecular complexity index is 1060. The Morgan fingerprint density at radius 3 is 2.44 bits per heavy atom. The molecule has 1 saturated carbocycles. The largest absolute Gasteiger partial charge is 0.480 e. The van der Waals surface area contributed by atoms with Crippen LogP contribution in [-0.2, 0) is 33.5 Å². The van der Waals surface area contributed by atoms with E-state index in [1.54, 1.807) is 6.08 Å². The Kier molecular flexibility index (Phi) is 19.7. The fourth-order valence-corrected chi connectivity index (χ4v) is 6.11. The fourth-order valence-electron chi connectivity index (χ4n) is 4.72. The third kappa shape index (κ3) is 16.6. The molecule has 0 aromatic heterocycles. The molecule has 7 N–H and O–H groups in total. The molecule has 254 valence electrons. The van der Waals surface area contributed by atoms with Gasteiger partial charge in [0.05, 0.1) is 13.2 Å². The van der Waals surface area contributed by atoms with Crippen molar-refractivity contribution in [2.45, 2.75) is 107 Å². The van der Waals surface area contributed by atoms with E-state index in [0.717, 1.165) is 32.1 Å². The van der Waals surface area contributed by atoms with Gasteiger partial charge in [0.2, 0.25) is 11.8 Å². The number of hydrogen-bond donors (Lipinski definition) is 6. The number of aliphatic hydroxyl groups is 1. The molecular weight excluding hydrogens is 606 g/mol. The van der Waals surface area contributed by atoms with Crippen molar-refractivity contribution >= 4 is 47.3 Å². The Morgan fingerprint density at radius 1 is 1.07 bits per heavy atom. The number of thioether (sulfide) groups is 1. The lowest BCUT2D eigenvalue weighted by Crippen LogP contribution is -2.49. The SMILES string of the molecule is CCCCC[C@H](O)/C=C/[C@@H]1/C(=C/CCCCCC(=O)OC)C(=O)C[C@H]1SCC(NC(=O)CCC(N)C(=O)O)C(=O)NCC(=O)O. The first kappa shape index (κ1) is 39.8. The molecule has 0 bridgehead atoms. The maximum absolute atomic E-state index is 13.1. The van der Waals surface area contributed by atoms with Crippen LogP contribution in [0.4, 0.5) is 0 Å². The van der Waals surface area contributed by atoms with E-state index in [2.05, 4.69) is 22.3 Å². The van der Waals surface area contributed by atoms with E-state index in [4.69, 9.17) is 15.9 Å². The predicted molar refractivity (Wildman–Crippen MR) is 169 cm³/mol. The van der Waals surface area contributed by atoms with E-state index >= 15 is 0 Å². The highest BCUT2D eigenvalue weighted by Crippen LogP contribution is 2.39. The van der Waals surface area contributed by atoms with Crippen molar-refractivity contribution in [3.8, 4) is 0 Å². The van der Waals surface area contributed by atoms with Crippen molar-refractivity contribution in [1.29, 1.82) is 0 Å². The number of ketones is 1. The van der Waals surface area contributed by atoms with E-state index in [0.29, 0.717) is 31.3 Å². The van der Waals surface area contributed by atoms with Crippen molar-refractivity contribution in [1.82, 2.24) is 10.6 Å². The lowest BCUT2D eigenvalue weighted by molar-refractivity contribution is -0.141. The number of aliphatic carboxylic acids is 2. The van der Waals surface area contributed by atoms with Crippen LogP contribution < -0.4 is 16.4 Å². The lowest BCUT2D eigenvalue weighted by atomic mass is 9.98. The molecule has 1 rings (SSSR count). The molecule has 0 aliphatic heterocycles. The van der Waals surface area contributed by atoms with E-state index < -0.39 is 48.5 Å². The van der Waals surface area contributed by atoms with Gasteiger partial charge in [-0.2, -0.15) is 11.8 Å². The lowest BCUT2D eigenvalue weighted by Gasteiger charge is -2.22. The van der Waals surface area contributed by atoms with Crippen LogP contribution in [0.2, 0.25) is 0 Å². The van der Waals surface area contributed by atoms with E-state index in [1.807, 2.05) is 12.2 Å². The van der Waals surface area contributed by atoms with Crippen LogP contribution in [0.25, 0.3) is 0 Å². The summed E-state index contributed by atoms with van der Waals surface area (Å²) in [5, 5.41) is 32.9. The number of amides is 2. The molecule has 1 aliphatic rings. The molecule has 14 heteroatoms. The number of aliphatic hydroxyl groups excluding tert-OH is 1. The number of Topliss-reactive ketones (excluding diaryl/α,β-unsaturated/α-hetero) is 1. The first-order valence-corrected chi connectivity index (χ1v) is 16.5. The predicted octanol–water partition coefficient (Wildman–Crippen LogP) is 2.10. The summed E-state index contributed by atoms with van der Waals surface area (Å²) in [6.07, 6.45) is 11.1. The summed E-state index contributed by atoms with van der Waals surface area (Å²) < 4.78 is 4.66. The van der Waals surface area contributed by atoms with Gasteiger partial charge in [-0.1, -0.05) is 50.8 Å². The van der Waals surface area contributed by atoms with Gasteiger partial charge in [-0.15, -0.1) is 0 Å². The van der Waals surface area contributed by atoms with Crippen molar-refractivity contribution in [3.05, 3.63) is 23.8 Å². The monoisotopic (exact) mass is 655 g/mol. The maximum atomic E-state index is 13.1. The maximum Gasteiger partial charge on any atom is 0.322 e. The third-order valence-electron chi connectivity index (χ3n) is 7.33. The van der Waals surface area contributed by atoms with Crippen molar-refractivity contribution < 1.29 is 48.8 Å². The number of hydrogen-bond acceptors (Lipinski definition) is 10. The van der Waals surface area contributed by atoms with Crippen molar-refractivity contribution in [2.75, 3.05) is 19.4 Å². The van der Waals surface area contributed by atoms with Crippen molar-refractivity contribution in [2.24, 2.45) is 11.7 Å². The summed E-state index contributed by atoms with van der Waals surface area (Å²) >= 11 is 1.28. The third-order valence-corrected chi connectivity index (χ3v) is 8.75. The van der Waals surface area contributed by atoms with Gasteiger partial charge in [0.1, 0.15) is 18.6 Å². The second-order valence-electron chi connectivity index (χ2n) is 11.0. The van der Waals surface area contributed by atoms with Gasteiger partial charge in [0.15, 0.2) is 5.78 Å². The van der Waals surface area contributed by atoms with Gasteiger partial charge in [-0.3, -0.25) is 28.8 Å². The number of unbranched alkanes of at least 4 members (excludes halogenated alkanes) is 5. The average molecular weight is 656 g/mol. The summed E-state index contributed by atoms with van der Waals surface area (Å²) in [5.41, 5.74) is 6.08. The van der Waals surface area contributed by atoms with Crippen LogP contribution in [-0.4, -0.2) is 93.7 Å². The first-order chi connectivity index (χ1) is 21.4. The Morgan fingerprint density at radius 2 is 1.80 bits per heavy atom. The van der Waals surface area contributed by atoms with Gasteiger partial charge in [0.25, 0.3) is 0 Å². The van der Waals surface area contributed by atoms with E-state index in [9.17, 15) is 33.9 Å². The molecule has 1 fully saturated rings. The van der Waals surface area contributed by atoms with Gasteiger partial charge in [-0.05, 0) is 37.7 Å². The Balaban J connectivity index is 3.04. The standard InChI is InChI=1S/C31H49N3O10S/c1-3-4-7-10-20(35)13-14-22-21(11-8-5-6-9-12-29(40)44-2)25(36)17-26(22)45-19-24(30(41)33-18-28(38)39)34-27(37)16-15-23(32)31(42)43/h11,13-14,20,22-24,26,35H,3-10,12,15-19,32H2,1-2H3,(H,33,41)(H,34,37)(H,38,39)(H,42,43)/b14-13+,21-11-/t20-,22+,23?,24?,26+/m0/s1. The smallest absolute Gasteiger partial charge is 0.322 e. The highest BCUT2D eigenvalue weighted by atomic mass is 32.2. The summed E-state index contributed by atoms with van der Waals surface area (Å²) in [5.74, 6) is -4.55. The molecule has 45 heavy (non-hydrogen) atoms. The summed E-state index contributed by atoms with van der Waals surface area (Å²) in [4.78, 5) is 71.8. The molecular formula is C31H49N3O10S. The minimum atomic E-state index is -1.27.